The summed E-state index contributed by atoms with van der Waals surface area (Å²) in [5.74, 6) is 0.814. The first kappa shape index (κ1) is 17.8. The number of carbonyl (C=O) groups excluding carboxylic acids is 2. The van der Waals surface area contributed by atoms with Crippen LogP contribution < -0.4 is 10.2 Å². The van der Waals surface area contributed by atoms with Crippen molar-refractivity contribution in [3.05, 3.63) is 29.3 Å². The van der Waals surface area contributed by atoms with Crippen LogP contribution in [0.1, 0.15) is 32.1 Å². The Balaban J connectivity index is 1.29. The van der Waals surface area contributed by atoms with E-state index in [2.05, 4.69) is 5.32 Å². The Labute approximate surface area is 159 Å². The monoisotopic (exact) mass is 375 g/mol. The van der Waals surface area contributed by atoms with Crippen molar-refractivity contribution in [3.63, 3.8) is 0 Å². The molecule has 0 aromatic heterocycles. The average molecular weight is 376 g/mol. The highest BCUT2D eigenvalue weighted by Crippen LogP contribution is 2.29. The molecule has 1 unspecified atom stereocenters. The molecule has 2 saturated heterocycles. The minimum absolute atomic E-state index is 0.0201. The van der Waals surface area contributed by atoms with Crippen LogP contribution in [0.25, 0.3) is 0 Å². The molecule has 2 aliphatic heterocycles. The Hall–Kier alpha value is -1.59. The second-order valence-electron chi connectivity index (χ2n) is 7.83. The number of anilines is 1. The molecular weight excluding hydrogens is 350 g/mol. The van der Waals surface area contributed by atoms with Gasteiger partial charge in [-0.25, -0.2) is 0 Å². The van der Waals surface area contributed by atoms with Crippen LogP contribution in [-0.4, -0.2) is 48.9 Å². The van der Waals surface area contributed by atoms with Gasteiger partial charge in [-0.2, -0.15) is 0 Å². The van der Waals surface area contributed by atoms with Crippen molar-refractivity contribution in [2.45, 2.75) is 38.1 Å². The number of nitrogens with zero attached hydrogens (tertiary/aromatic N) is 2. The molecule has 140 valence electrons. The van der Waals surface area contributed by atoms with E-state index >= 15 is 0 Å². The fourth-order valence-electron chi connectivity index (χ4n) is 3.96. The van der Waals surface area contributed by atoms with Crippen LogP contribution in [0, 0.1) is 11.8 Å². The smallest absolute Gasteiger partial charge is 0.228 e. The Kier molecular flexibility index (Phi) is 5.18. The number of likely N-dealkylation sites (tertiary alicyclic amines) is 1. The molecule has 1 aromatic rings. The predicted molar refractivity (Wildman–Crippen MR) is 102 cm³/mol. The van der Waals surface area contributed by atoms with E-state index in [1.54, 1.807) is 17.0 Å². The molecule has 3 fully saturated rings. The molecule has 1 aliphatic carbocycles. The third-order valence-corrected chi connectivity index (χ3v) is 6.06. The van der Waals surface area contributed by atoms with E-state index in [0.717, 1.165) is 44.1 Å². The van der Waals surface area contributed by atoms with E-state index in [-0.39, 0.29) is 17.7 Å². The van der Waals surface area contributed by atoms with E-state index in [1.807, 2.05) is 17.0 Å². The van der Waals surface area contributed by atoms with Gasteiger partial charge in [0.1, 0.15) is 0 Å². The Bertz CT molecular complexity index is 666. The first-order valence-corrected chi connectivity index (χ1v) is 10.1. The maximum absolute atomic E-state index is 12.9. The summed E-state index contributed by atoms with van der Waals surface area (Å²) < 4.78 is 0. The number of benzene rings is 1. The van der Waals surface area contributed by atoms with E-state index < -0.39 is 0 Å². The van der Waals surface area contributed by atoms with Gasteiger partial charge in [-0.05, 0) is 62.4 Å². The molecule has 1 N–H and O–H groups in total. The summed E-state index contributed by atoms with van der Waals surface area (Å²) >= 11 is 5.92. The summed E-state index contributed by atoms with van der Waals surface area (Å²) in [5.41, 5.74) is 0.817. The zero-order valence-corrected chi connectivity index (χ0v) is 15.8. The lowest BCUT2D eigenvalue weighted by atomic mass is 10.0. The molecule has 2 heterocycles. The Morgan fingerprint density at radius 1 is 1.12 bits per heavy atom. The zero-order valence-electron chi connectivity index (χ0n) is 15.0. The summed E-state index contributed by atoms with van der Waals surface area (Å²) in [6.07, 6.45) is 5.07. The number of hydrogen-bond acceptors (Lipinski definition) is 3. The number of hydrogen-bond donors (Lipinski definition) is 1. The molecule has 26 heavy (non-hydrogen) atoms. The normalized spacial score (nSPS) is 24.3. The first-order valence-electron chi connectivity index (χ1n) is 9.68. The number of rotatable bonds is 5. The van der Waals surface area contributed by atoms with Crippen LogP contribution in [0.5, 0.6) is 0 Å². The minimum atomic E-state index is -0.228. The van der Waals surface area contributed by atoms with E-state index in [9.17, 15) is 9.59 Å². The van der Waals surface area contributed by atoms with Gasteiger partial charge >= 0.3 is 0 Å². The number of halogens is 1. The molecule has 3 aliphatic rings. The Morgan fingerprint density at radius 3 is 2.46 bits per heavy atom. The van der Waals surface area contributed by atoms with Crippen molar-refractivity contribution in [2.24, 2.45) is 11.8 Å². The van der Waals surface area contributed by atoms with Gasteiger partial charge in [0.05, 0.1) is 5.92 Å². The van der Waals surface area contributed by atoms with Crippen molar-refractivity contribution in [3.8, 4) is 0 Å². The predicted octanol–water partition coefficient (Wildman–Crippen LogP) is 2.68. The van der Waals surface area contributed by atoms with Gasteiger partial charge in [-0.1, -0.05) is 11.6 Å². The second-order valence-corrected chi connectivity index (χ2v) is 8.27. The van der Waals surface area contributed by atoms with Crippen molar-refractivity contribution in [2.75, 3.05) is 31.1 Å². The molecule has 5 nitrogen and oxygen atoms in total. The lowest BCUT2D eigenvalue weighted by molar-refractivity contribution is -0.136. The molecule has 6 heteroatoms. The molecule has 2 amide bonds. The molecule has 0 spiro atoms. The summed E-state index contributed by atoms with van der Waals surface area (Å²) in [5, 5.41) is 4.29. The number of piperidine rings is 1. The Morgan fingerprint density at radius 2 is 1.81 bits per heavy atom. The summed E-state index contributed by atoms with van der Waals surface area (Å²) in [4.78, 5) is 28.9. The van der Waals surface area contributed by atoms with Crippen LogP contribution in [0.4, 0.5) is 5.69 Å². The number of carbonyl (C=O) groups is 2. The highest BCUT2D eigenvalue weighted by Gasteiger charge is 2.38. The van der Waals surface area contributed by atoms with Crippen molar-refractivity contribution >= 4 is 29.1 Å². The van der Waals surface area contributed by atoms with Crippen LogP contribution in [-0.2, 0) is 9.59 Å². The summed E-state index contributed by atoms with van der Waals surface area (Å²) in [6.45, 7) is 3.20. The van der Waals surface area contributed by atoms with Crippen molar-refractivity contribution < 1.29 is 9.59 Å². The average Bonchev–Trinajstić information content (AvgIpc) is 3.41. The number of amides is 2. The maximum Gasteiger partial charge on any atom is 0.228 e. The standard InChI is InChI=1S/C20H26ClN3O2/c21-16-3-5-18(6-4-16)24-13-15(11-19(24)25)20(26)23-9-7-17(8-10-23)22-12-14-1-2-14/h3-6,14-15,17,22H,1-2,7-13H2. The topological polar surface area (TPSA) is 52.7 Å². The first-order chi connectivity index (χ1) is 12.6. The van der Waals surface area contributed by atoms with E-state index in [1.165, 1.54) is 12.8 Å². The molecular formula is C20H26ClN3O2. The van der Waals surface area contributed by atoms with Crippen LogP contribution in [0.15, 0.2) is 24.3 Å². The third-order valence-electron chi connectivity index (χ3n) is 5.81. The largest absolute Gasteiger partial charge is 0.342 e. The van der Waals surface area contributed by atoms with Gasteiger partial charge in [0.2, 0.25) is 11.8 Å². The van der Waals surface area contributed by atoms with Gasteiger partial charge < -0.3 is 15.1 Å². The molecule has 0 bridgehead atoms. The molecule has 0 radical (unpaired) electrons. The van der Waals surface area contributed by atoms with Gasteiger partial charge in [-0.3, -0.25) is 9.59 Å². The fraction of sp³-hybridized carbons (Fsp3) is 0.600. The van der Waals surface area contributed by atoms with Gasteiger partial charge in [-0.15, -0.1) is 0 Å². The van der Waals surface area contributed by atoms with Crippen LogP contribution >= 0.6 is 11.6 Å². The minimum Gasteiger partial charge on any atom is -0.342 e. The van der Waals surface area contributed by atoms with Crippen molar-refractivity contribution in [1.82, 2.24) is 10.2 Å². The SMILES string of the molecule is O=C(C1CC(=O)N(c2ccc(Cl)cc2)C1)N1CCC(NCC2CC2)CC1. The van der Waals surface area contributed by atoms with E-state index in [4.69, 9.17) is 11.6 Å². The number of nitrogens with one attached hydrogen (secondary N) is 1. The third kappa shape index (κ3) is 4.04. The molecule has 1 aromatic carbocycles. The van der Waals surface area contributed by atoms with Gasteiger partial charge in [0, 0.05) is 42.8 Å². The maximum atomic E-state index is 12.9. The lowest BCUT2D eigenvalue weighted by Gasteiger charge is -2.34. The van der Waals surface area contributed by atoms with Gasteiger partial charge in [0.15, 0.2) is 0 Å². The van der Waals surface area contributed by atoms with E-state index in [0.29, 0.717) is 24.0 Å². The van der Waals surface area contributed by atoms with Crippen LogP contribution in [0.2, 0.25) is 5.02 Å². The lowest BCUT2D eigenvalue weighted by Crippen LogP contribution is -2.47. The molecule has 4 rings (SSSR count). The highest BCUT2D eigenvalue weighted by atomic mass is 35.5. The van der Waals surface area contributed by atoms with Crippen molar-refractivity contribution in [1.29, 1.82) is 0 Å². The fourth-order valence-corrected chi connectivity index (χ4v) is 4.09. The quantitative estimate of drug-likeness (QED) is 0.860. The summed E-state index contributed by atoms with van der Waals surface area (Å²) in [7, 11) is 0. The molecule has 1 atom stereocenters. The highest BCUT2D eigenvalue weighted by molar-refractivity contribution is 6.30. The zero-order chi connectivity index (χ0) is 18.1. The van der Waals surface area contributed by atoms with Crippen LogP contribution in [0.3, 0.4) is 0 Å². The summed E-state index contributed by atoms with van der Waals surface area (Å²) in [6, 6.07) is 7.77. The second kappa shape index (κ2) is 7.57. The van der Waals surface area contributed by atoms with Gasteiger partial charge in [0.25, 0.3) is 0 Å². The molecule has 1 saturated carbocycles.